The molecule has 144 valence electrons. The largest absolute Gasteiger partial charge is 0.444 e. The molecule has 2 amide bonds. The molecule has 27 heavy (non-hydrogen) atoms. The number of amides is 2. The molecule has 0 saturated heterocycles. The van der Waals surface area contributed by atoms with E-state index in [-0.39, 0.29) is 0 Å². The third-order valence-electron chi connectivity index (χ3n) is 3.31. The van der Waals surface area contributed by atoms with Crippen molar-refractivity contribution in [1.29, 1.82) is 0 Å². The van der Waals surface area contributed by atoms with E-state index in [2.05, 4.69) is 20.9 Å². The first kappa shape index (κ1) is 20.2. The molecule has 1 atom stereocenters. The smallest absolute Gasteiger partial charge is 0.408 e. The molecule has 7 nitrogen and oxygen atoms in total. The number of aromatic nitrogens is 1. The van der Waals surface area contributed by atoms with Crippen LogP contribution >= 0.6 is 0 Å². The summed E-state index contributed by atoms with van der Waals surface area (Å²) in [6.07, 6.45) is 2.49. The molecule has 1 aromatic heterocycles. The van der Waals surface area contributed by atoms with Gasteiger partial charge in [0, 0.05) is 6.20 Å². The first-order valence-corrected chi connectivity index (χ1v) is 8.41. The Morgan fingerprint density at radius 3 is 2.56 bits per heavy atom. The van der Waals surface area contributed by atoms with Gasteiger partial charge in [0.05, 0.1) is 23.3 Å². The zero-order valence-corrected chi connectivity index (χ0v) is 15.7. The molecule has 0 aliphatic rings. The van der Waals surface area contributed by atoms with E-state index in [0.717, 1.165) is 0 Å². The number of nitrogens with one attached hydrogen (secondary N) is 3. The summed E-state index contributed by atoms with van der Waals surface area (Å²) in [6, 6.07) is 6.57. The van der Waals surface area contributed by atoms with Crippen molar-refractivity contribution < 1.29 is 18.7 Å². The van der Waals surface area contributed by atoms with Gasteiger partial charge in [-0.05, 0) is 58.0 Å². The van der Waals surface area contributed by atoms with Crippen LogP contribution in [-0.2, 0) is 9.53 Å². The number of ether oxygens (including phenoxy) is 1. The van der Waals surface area contributed by atoms with Gasteiger partial charge in [0.25, 0.3) is 0 Å². The molecule has 3 N–H and O–H groups in total. The van der Waals surface area contributed by atoms with Gasteiger partial charge in [-0.1, -0.05) is 0 Å². The lowest BCUT2D eigenvalue weighted by Gasteiger charge is -2.22. The molecule has 0 radical (unpaired) electrons. The number of anilines is 3. The molecule has 0 aliphatic carbocycles. The highest BCUT2D eigenvalue weighted by Crippen LogP contribution is 2.26. The maximum atomic E-state index is 13.6. The van der Waals surface area contributed by atoms with E-state index in [1.54, 1.807) is 45.3 Å². The minimum Gasteiger partial charge on any atom is -0.444 e. The minimum atomic E-state index is -0.851. The Hall–Kier alpha value is -3.16. The Labute approximate surface area is 157 Å². The normalized spacial score (nSPS) is 12.0. The summed E-state index contributed by atoms with van der Waals surface area (Å²) in [6.45, 7) is 6.71. The Kier molecular flexibility index (Phi) is 6.33. The van der Waals surface area contributed by atoms with Crippen molar-refractivity contribution in [3.63, 3.8) is 0 Å². The Morgan fingerprint density at radius 1 is 1.19 bits per heavy atom. The molecule has 0 aliphatic heterocycles. The topological polar surface area (TPSA) is 92.3 Å². The van der Waals surface area contributed by atoms with Crippen molar-refractivity contribution in [2.75, 3.05) is 10.6 Å². The van der Waals surface area contributed by atoms with Gasteiger partial charge in [0.1, 0.15) is 17.5 Å². The number of hydrogen-bond acceptors (Lipinski definition) is 5. The average molecular weight is 374 g/mol. The van der Waals surface area contributed by atoms with Crippen LogP contribution in [-0.4, -0.2) is 28.6 Å². The van der Waals surface area contributed by atoms with E-state index in [1.807, 2.05) is 0 Å². The van der Waals surface area contributed by atoms with Crippen molar-refractivity contribution >= 4 is 29.1 Å². The number of carbonyl (C=O) groups is 2. The summed E-state index contributed by atoms with van der Waals surface area (Å²) in [5, 5.41) is 8.13. The molecule has 0 spiro atoms. The first-order chi connectivity index (χ1) is 12.6. The molecule has 2 aromatic rings. The number of rotatable bonds is 5. The van der Waals surface area contributed by atoms with Crippen LogP contribution in [0.1, 0.15) is 27.7 Å². The van der Waals surface area contributed by atoms with Gasteiger partial charge in [-0.2, -0.15) is 0 Å². The second-order valence-corrected chi connectivity index (χ2v) is 6.91. The average Bonchev–Trinajstić information content (AvgIpc) is 2.56. The van der Waals surface area contributed by atoms with Crippen LogP contribution in [0.15, 0.2) is 42.7 Å². The fourth-order valence-corrected chi connectivity index (χ4v) is 2.11. The summed E-state index contributed by atoms with van der Waals surface area (Å²) in [7, 11) is 0. The summed E-state index contributed by atoms with van der Waals surface area (Å²) >= 11 is 0. The minimum absolute atomic E-state index is 0.362. The van der Waals surface area contributed by atoms with Crippen LogP contribution in [0.2, 0.25) is 0 Å². The van der Waals surface area contributed by atoms with E-state index in [9.17, 15) is 14.0 Å². The van der Waals surface area contributed by atoms with Crippen LogP contribution in [0, 0.1) is 5.82 Å². The third-order valence-corrected chi connectivity index (χ3v) is 3.31. The summed E-state index contributed by atoms with van der Waals surface area (Å²) in [4.78, 5) is 28.2. The molecule has 1 heterocycles. The number of benzene rings is 1. The number of carbonyl (C=O) groups excluding carboxylic acids is 2. The first-order valence-electron chi connectivity index (χ1n) is 8.41. The monoisotopic (exact) mass is 374 g/mol. The van der Waals surface area contributed by atoms with Gasteiger partial charge in [-0.25, -0.2) is 9.18 Å². The maximum absolute atomic E-state index is 13.6. The van der Waals surface area contributed by atoms with Crippen LogP contribution in [0.3, 0.4) is 0 Å². The van der Waals surface area contributed by atoms with E-state index in [1.165, 1.54) is 25.1 Å². The lowest BCUT2D eigenvalue weighted by atomic mass is 10.2. The highest BCUT2D eigenvalue weighted by molar-refractivity contribution is 5.99. The summed E-state index contributed by atoms with van der Waals surface area (Å²) < 4.78 is 18.8. The predicted molar refractivity (Wildman–Crippen MR) is 101 cm³/mol. The van der Waals surface area contributed by atoms with Gasteiger partial charge < -0.3 is 20.7 Å². The standard InChI is InChI=1S/C19H23FN4O3/c1-12(22-18(26)27-19(2,3)4)17(25)24-15-8-7-13(20)10-16(15)23-14-6-5-9-21-11-14/h5-12,23H,1-4H3,(H,22,26)(H,24,25). The second-order valence-electron chi connectivity index (χ2n) is 6.91. The molecular weight excluding hydrogens is 351 g/mol. The SMILES string of the molecule is CC(NC(=O)OC(C)(C)C)C(=O)Nc1ccc(F)cc1Nc1cccnc1. The lowest BCUT2D eigenvalue weighted by Crippen LogP contribution is -2.44. The number of halogens is 1. The molecule has 1 aromatic carbocycles. The van der Waals surface area contributed by atoms with Crippen molar-refractivity contribution in [1.82, 2.24) is 10.3 Å². The molecule has 8 heteroatoms. The zero-order chi connectivity index (χ0) is 20.0. The van der Waals surface area contributed by atoms with E-state index in [0.29, 0.717) is 17.1 Å². The lowest BCUT2D eigenvalue weighted by molar-refractivity contribution is -0.117. The van der Waals surface area contributed by atoms with Crippen molar-refractivity contribution in [3.05, 3.63) is 48.5 Å². The molecular formula is C19H23FN4O3. The molecule has 0 saturated carbocycles. The highest BCUT2D eigenvalue weighted by Gasteiger charge is 2.21. The van der Waals surface area contributed by atoms with Crippen LogP contribution in [0.25, 0.3) is 0 Å². The van der Waals surface area contributed by atoms with Gasteiger partial charge in [-0.15, -0.1) is 0 Å². The van der Waals surface area contributed by atoms with Crippen molar-refractivity contribution in [3.8, 4) is 0 Å². The van der Waals surface area contributed by atoms with Gasteiger partial charge in [0.2, 0.25) is 5.91 Å². The summed E-state index contributed by atoms with van der Waals surface area (Å²) in [5.74, 6) is -0.930. The highest BCUT2D eigenvalue weighted by atomic mass is 19.1. The molecule has 0 bridgehead atoms. The number of nitrogens with zero attached hydrogens (tertiary/aromatic N) is 1. The van der Waals surface area contributed by atoms with Crippen LogP contribution < -0.4 is 16.0 Å². The fourth-order valence-electron chi connectivity index (χ4n) is 2.11. The second kappa shape index (κ2) is 8.48. The van der Waals surface area contributed by atoms with E-state index >= 15 is 0 Å². The van der Waals surface area contributed by atoms with Gasteiger partial charge in [-0.3, -0.25) is 9.78 Å². The third kappa shape index (κ3) is 6.58. The van der Waals surface area contributed by atoms with Crippen LogP contribution in [0.4, 0.5) is 26.2 Å². The van der Waals surface area contributed by atoms with Crippen molar-refractivity contribution in [2.24, 2.45) is 0 Å². The van der Waals surface area contributed by atoms with E-state index < -0.39 is 29.5 Å². The molecule has 2 rings (SSSR count). The van der Waals surface area contributed by atoms with E-state index in [4.69, 9.17) is 4.74 Å². The van der Waals surface area contributed by atoms with Crippen LogP contribution in [0.5, 0.6) is 0 Å². The number of alkyl carbamates (subject to hydrolysis) is 1. The van der Waals surface area contributed by atoms with Crippen molar-refractivity contribution in [2.45, 2.75) is 39.3 Å². The molecule has 0 fully saturated rings. The quantitative estimate of drug-likeness (QED) is 0.740. The Bertz CT molecular complexity index is 806. The fraction of sp³-hybridized carbons (Fsp3) is 0.316. The summed E-state index contributed by atoms with van der Waals surface area (Å²) in [5.41, 5.74) is 0.695. The zero-order valence-electron chi connectivity index (χ0n) is 15.7. The molecule has 1 unspecified atom stereocenters. The Balaban J connectivity index is 2.07. The number of hydrogen-bond donors (Lipinski definition) is 3. The van der Waals surface area contributed by atoms with Gasteiger partial charge in [0.15, 0.2) is 0 Å². The Morgan fingerprint density at radius 2 is 1.93 bits per heavy atom. The maximum Gasteiger partial charge on any atom is 0.408 e. The number of pyridine rings is 1. The van der Waals surface area contributed by atoms with Gasteiger partial charge >= 0.3 is 6.09 Å². The predicted octanol–water partition coefficient (Wildman–Crippen LogP) is 3.82.